The van der Waals surface area contributed by atoms with Gasteiger partial charge in [0.15, 0.2) is 6.61 Å². The molecule has 4 rings (SSSR count). The predicted octanol–water partition coefficient (Wildman–Crippen LogP) is 3.70. The van der Waals surface area contributed by atoms with Crippen molar-refractivity contribution in [3.8, 4) is 5.75 Å². The third-order valence-electron chi connectivity index (χ3n) is 5.07. The molecule has 0 atom stereocenters. The summed E-state index contributed by atoms with van der Waals surface area (Å²) in [6, 6.07) is 13.4. The summed E-state index contributed by atoms with van der Waals surface area (Å²) in [6.07, 6.45) is 3.91. The topological polar surface area (TPSA) is 58.6 Å². The lowest BCUT2D eigenvalue weighted by Gasteiger charge is -2.30. The van der Waals surface area contributed by atoms with Crippen molar-refractivity contribution in [2.45, 2.75) is 32.6 Å². The molecule has 1 saturated carbocycles. The molecule has 0 spiro atoms. The molecule has 1 N–H and O–H groups in total. The number of amides is 2. The Morgan fingerprint density at radius 3 is 2.67 bits per heavy atom. The van der Waals surface area contributed by atoms with Gasteiger partial charge in [-0.05, 0) is 68.5 Å². The minimum absolute atomic E-state index is 0.0353. The van der Waals surface area contributed by atoms with Crippen molar-refractivity contribution in [1.82, 2.24) is 0 Å². The Hall–Kier alpha value is -2.82. The van der Waals surface area contributed by atoms with E-state index in [1.807, 2.05) is 54.3 Å². The summed E-state index contributed by atoms with van der Waals surface area (Å²) in [6.45, 7) is 2.76. The van der Waals surface area contributed by atoms with Gasteiger partial charge in [-0.15, -0.1) is 0 Å². The van der Waals surface area contributed by atoms with Crippen molar-refractivity contribution < 1.29 is 14.3 Å². The van der Waals surface area contributed by atoms with E-state index < -0.39 is 0 Å². The Kier molecular flexibility index (Phi) is 4.84. The molecule has 1 fully saturated rings. The van der Waals surface area contributed by atoms with Crippen LogP contribution in [0, 0.1) is 12.8 Å². The average Bonchev–Trinajstić information content (AvgIpc) is 3.51. The fraction of sp³-hybridized carbons (Fsp3) is 0.364. The molecule has 5 heteroatoms. The maximum Gasteiger partial charge on any atom is 0.262 e. The zero-order valence-electron chi connectivity index (χ0n) is 15.5. The van der Waals surface area contributed by atoms with E-state index in [0.29, 0.717) is 5.75 Å². The van der Waals surface area contributed by atoms with Crippen LogP contribution < -0.4 is 15.0 Å². The van der Waals surface area contributed by atoms with Crippen LogP contribution in [-0.4, -0.2) is 25.0 Å². The lowest BCUT2D eigenvalue weighted by atomic mass is 10.0. The number of anilines is 2. The van der Waals surface area contributed by atoms with Crippen LogP contribution >= 0.6 is 0 Å². The van der Waals surface area contributed by atoms with Crippen molar-refractivity contribution >= 4 is 23.2 Å². The van der Waals surface area contributed by atoms with Crippen LogP contribution in [0.1, 0.15) is 30.4 Å². The van der Waals surface area contributed by atoms with Crippen LogP contribution in [0.4, 0.5) is 11.4 Å². The highest BCUT2D eigenvalue weighted by Gasteiger charge is 2.35. The molecule has 0 unspecified atom stereocenters. The Morgan fingerprint density at radius 2 is 1.93 bits per heavy atom. The van der Waals surface area contributed by atoms with E-state index in [-0.39, 0.29) is 24.3 Å². The third kappa shape index (κ3) is 4.13. The predicted molar refractivity (Wildman–Crippen MR) is 105 cm³/mol. The first kappa shape index (κ1) is 17.6. The standard InChI is InChI=1S/C22H24N2O3/c1-15-4-9-19(10-5-15)27-14-21(25)23-18-8-11-20-17(13-18)3-2-12-24(20)22(26)16-6-7-16/h4-5,8-11,13,16H,2-3,6-7,12,14H2,1H3,(H,23,25). The quantitative estimate of drug-likeness (QED) is 0.880. The highest BCUT2D eigenvalue weighted by molar-refractivity contribution is 5.98. The molecular formula is C22H24N2O3. The van der Waals surface area contributed by atoms with E-state index >= 15 is 0 Å². The number of hydrogen-bond donors (Lipinski definition) is 1. The van der Waals surface area contributed by atoms with Crippen molar-refractivity contribution in [3.05, 3.63) is 53.6 Å². The van der Waals surface area contributed by atoms with E-state index in [1.54, 1.807) is 0 Å². The number of carbonyl (C=O) groups is 2. The number of benzene rings is 2. The fourth-order valence-corrected chi connectivity index (χ4v) is 3.43. The molecule has 0 aromatic heterocycles. The number of nitrogens with one attached hydrogen (secondary N) is 1. The Balaban J connectivity index is 1.38. The second-order valence-electron chi connectivity index (χ2n) is 7.36. The van der Waals surface area contributed by atoms with Gasteiger partial charge in [0.25, 0.3) is 5.91 Å². The molecule has 2 aromatic rings. The van der Waals surface area contributed by atoms with E-state index in [4.69, 9.17) is 4.74 Å². The number of carbonyl (C=O) groups excluding carboxylic acids is 2. The summed E-state index contributed by atoms with van der Waals surface area (Å²) in [5.74, 6) is 0.946. The summed E-state index contributed by atoms with van der Waals surface area (Å²) < 4.78 is 5.52. The van der Waals surface area contributed by atoms with Crippen molar-refractivity contribution in [3.63, 3.8) is 0 Å². The van der Waals surface area contributed by atoms with Gasteiger partial charge in [0, 0.05) is 23.8 Å². The molecule has 27 heavy (non-hydrogen) atoms. The third-order valence-corrected chi connectivity index (χ3v) is 5.07. The fourth-order valence-electron chi connectivity index (χ4n) is 3.43. The summed E-state index contributed by atoms with van der Waals surface area (Å²) in [5, 5.41) is 2.89. The van der Waals surface area contributed by atoms with Crippen LogP contribution in [0.15, 0.2) is 42.5 Å². The summed E-state index contributed by atoms with van der Waals surface area (Å²) in [5.41, 5.74) is 4.00. The van der Waals surface area contributed by atoms with Crippen LogP contribution in [-0.2, 0) is 16.0 Å². The second kappa shape index (κ2) is 7.43. The van der Waals surface area contributed by atoms with Crippen LogP contribution in [0.3, 0.4) is 0 Å². The van der Waals surface area contributed by atoms with Gasteiger partial charge >= 0.3 is 0 Å². The molecular weight excluding hydrogens is 340 g/mol. The van der Waals surface area contributed by atoms with Gasteiger partial charge < -0.3 is 15.0 Å². The lowest BCUT2D eigenvalue weighted by Crippen LogP contribution is -2.36. The first-order valence-electron chi connectivity index (χ1n) is 9.54. The number of fused-ring (bicyclic) bond motifs is 1. The molecule has 0 bridgehead atoms. The number of aryl methyl sites for hydroxylation is 2. The minimum Gasteiger partial charge on any atom is -0.484 e. The highest BCUT2D eigenvalue weighted by Crippen LogP contribution is 2.36. The molecule has 2 aromatic carbocycles. The second-order valence-corrected chi connectivity index (χ2v) is 7.36. The Morgan fingerprint density at radius 1 is 1.15 bits per heavy atom. The maximum atomic E-state index is 12.5. The molecule has 2 aliphatic rings. The summed E-state index contributed by atoms with van der Waals surface area (Å²) >= 11 is 0. The maximum absolute atomic E-state index is 12.5. The van der Waals surface area contributed by atoms with E-state index in [2.05, 4.69) is 5.32 Å². The van der Waals surface area contributed by atoms with Gasteiger partial charge in [0.1, 0.15) is 5.75 Å². The first-order valence-corrected chi connectivity index (χ1v) is 9.54. The summed E-state index contributed by atoms with van der Waals surface area (Å²) in [4.78, 5) is 26.6. The number of ether oxygens (including phenoxy) is 1. The van der Waals surface area contributed by atoms with Gasteiger partial charge in [0.2, 0.25) is 5.91 Å². The lowest BCUT2D eigenvalue weighted by molar-refractivity contribution is -0.120. The zero-order valence-corrected chi connectivity index (χ0v) is 15.5. The number of hydrogen-bond acceptors (Lipinski definition) is 3. The first-order chi connectivity index (χ1) is 13.1. The smallest absolute Gasteiger partial charge is 0.262 e. The van der Waals surface area contributed by atoms with E-state index in [0.717, 1.165) is 54.7 Å². The van der Waals surface area contributed by atoms with Crippen molar-refractivity contribution in [2.75, 3.05) is 23.4 Å². The molecule has 1 aliphatic carbocycles. The molecule has 1 aliphatic heterocycles. The normalized spacial score (nSPS) is 15.8. The Bertz CT molecular complexity index is 856. The van der Waals surface area contributed by atoms with Crippen LogP contribution in [0.2, 0.25) is 0 Å². The van der Waals surface area contributed by atoms with Gasteiger partial charge in [-0.1, -0.05) is 17.7 Å². The van der Waals surface area contributed by atoms with Gasteiger partial charge in [0.05, 0.1) is 0 Å². The highest BCUT2D eigenvalue weighted by atomic mass is 16.5. The van der Waals surface area contributed by atoms with Gasteiger partial charge in [-0.3, -0.25) is 9.59 Å². The van der Waals surface area contributed by atoms with E-state index in [1.165, 1.54) is 0 Å². The number of nitrogens with zero attached hydrogens (tertiary/aromatic N) is 1. The van der Waals surface area contributed by atoms with Crippen molar-refractivity contribution in [1.29, 1.82) is 0 Å². The van der Waals surface area contributed by atoms with Gasteiger partial charge in [-0.2, -0.15) is 0 Å². The van der Waals surface area contributed by atoms with Crippen LogP contribution in [0.5, 0.6) is 5.75 Å². The monoisotopic (exact) mass is 364 g/mol. The SMILES string of the molecule is Cc1ccc(OCC(=O)Nc2ccc3c(c2)CCCN3C(=O)C2CC2)cc1. The molecule has 2 amide bonds. The molecule has 0 saturated heterocycles. The number of rotatable bonds is 5. The largest absolute Gasteiger partial charge is 0.484 e. The van der Waals surface area contributed by atoms with Crippen molar-refractivity contribution in [2.24, 2.45) is 5.92 Å². The Labute approximate surface area is 159 Å². The van der Waals surface area contributed by atoms with Gasteiger partial charge in [-0.25, -0.2) is 0 Å². The molecule has 0 radical (unpaired) electrons. The van der Waals surface area contributed by atoms with E-state index in [9.17, 15) is 9.59 Å². The molecule has 140 valence electrons. The van der Waals surface area contributed by atoms with Crippen LogP contribution in [0.25, 0.3) is 0 Å². The molecule has 1 heterocycles. The summed E-state index contributed by atoms with van der Waals surface area (Å²) in [7, 11) is 0. The minimum atomic E-state index is -0.197. The average molecular weight is 364 g/mol. The zero-order chi connectivity index (χ0) is 18.8. The molecule has 5 nitrogen and oxygen atoms in total.